The molecule has 0 spiro atoms. The normalized spacial score (nSPS) is 12.5. The predicted molar refractivity (Wildman–Crippen MR) is 129 cm³/mol. The highest BCUT2D eigenvalue weighted by Crippen LogP contribution is 2.25. The number of ether oxygens (including phenoxy) is 1. The number of aryl methyl sites for hydroxylation is 1. The van der Waals surface area contributed by atoms with Crippen molar-refractivity contribution in [3.8, 4) is 11.3 Å². The van der Waals surface area contributed by atoms with Crippen LogP contribution >= 0.6 is 0 Å². The van der Waals surface area contributed by atoms with Crippen LogP contribution in [-0.4, -0.2) is 38.1 Å². The first-order valence-electron chi connectivity index (χ1n) is 11.1. The predicted octanol–water partition coefficient (Wildman–Crippen LogP) is 5.09. The van der Waals surface area contributed by atoms with Gasteiger partial charge in [-0.1, -0.05) is 42.5 Å². The Morgan fingerprint density at radius 2 is 1.88 bits per heavy atom. The lowest BCUT2D eigenvalue weighted by Crippen LogP contribution is -2.40. The zero-order valence-corrected chi connectivity index (χ0v) is 19.2. The Kier molecular flexibility index (Phi) is 6.68. The number of aromatic nitrogens is 4. The zero-order chi connectivity index (χ0) is 23.3. The Morgan fingerprint density at radius 3 is 2.67 bits per heavy atom. The van der Waals surface area contributed by atoms with Gasteiger partial charge in [0.2, 0.25) is 0 Å². The Morgan fingerprint density at radius 1 is 1.06 bits per heavy atom. The van der Waals surface area contributed by atoms with E-state index < -0.39 is 11.7 Å². The molecule has 0 saturated carbocycles. The van der Waals surface area contributed by atoms with Gasteiger partial charge in [0.25, 0.3) is 0 Å². The first kappa shape index (κ1) is 22.5. The highest BCUT2D eigenvalue weighted by Gasteiger charge is 2.21. The zero-order valence-electron chi connectivity index (χ0n) is 19.2. The number of pyridine rings is 1. The quantitative estimate of drug-likeness (QED) is 0.415. The topological polar surface area (TPSA) is 92.8 Å². The first-order chi connectivity index (χ1) is 15.9. The third-order valence-electron chi connectivity index (χ3n) is 5.31. The van der Waals surface area contributed by atoms with Crippen molar-refractivity contribution in [1.82, 2.24) is 25.7 Å². The van der Waals surface area contributed by atoms with Gasteiger partial charge < -0.3 is 10.1 Å². The van der Waals surface area contributed by atoms with Crippen LogP contribution in [0.25, 0.3) is 22.0 Å². The Labute approximate surface area is 193 Å². The number of hydrogen-bond acceptors (Lipinski definition) is 5. The number of benzene rings is 2. The van der Waals surface area contributed by atoms with E-state index in [4.69, 9.17) is 4.74 Å². The SMILES string of the molecule is CC(C)(C)OC(=O)N[C@@H](CCc1n[nH]nc1-c1ccc2cnccc2c1)Cc1ccccc1. The lowest BCUT2D eigenvalue weighted by atomic mass is 9.99. The van der Waals surface area contributed by atoms with E-state index in [2.05, 4.69) is 43.9 Å². The summed E-state index contributed by atoms with van der Waals surface area (Å²) >= 11 is 0. The number of carbonyl (C=O) groups excluding carboxylic acids is 1. The second-order valence-electron chi connectivity index (χ2n) is 9.13. The summed E-state index contributed by atoms with van der Waals surface area (Å²) in [6.45, 7) is 5.58. The summed E-state index contributed by atoms with van der Waals surface area (Å²) in [5.74, 6) is 0. The average molecular weight is 444 g/mol. The monoisotopic (exact) mass is 443 g/mol. The van der Waals surface area contributed by atoms with Gasteiger partial charge in [-0.05, 0) is 63.1 Å². The van der Waals surface area contributed by atoms with Crippen molar-refractivity contribution >= 4 is 16.9 Å². The van der Waals surface area contributed by atoms with Crippen molar-refractivity contribution in [1.29, 1.82) is 0 Å². The van der Waals surface area contributed by atoms with E-state index in [-0.39, 0.29) is 6.04 Å². The molecule has 0 aliphatic heterocycles. The molecule has 0 aliphatic carbocycles. The molecule has 7 nitrogen and oxygen atoms in total. The number of amides is 1. The number of aromatic amines is 1. The standard InChI is InChI=1S/C26H29N5O2/c1-26(2,3)33-25(32)28-22(15-18-7-5-4-6-8-18)11-12-23-24(30-31-29-23)20-9-10-21-17-27-14-13-19(21)16-20/h4-10,13-14,16-17,22H,11-12,15H2,1-3H3,(H,28,32)(H,29,30,31)/t22-/m0/s1. The fourth-order valence-electron chi connectivity index (χ4n) is 3.80. The van der Waals surface area contributed by atoms with Crippen LogP contribution in [0.15, 0.2) is 67.0 Å². The van der Waals surface area contributed by atoms with Crippen molar-refractivity contribution in [2.24, 2.45) is 0 Å². The molecule has 2 aromatic heterocycles. The van der Waals surface area contributed by atoms with Crippen LogP contribution in [0.1, 0.15) is 38.4 Å². The van der Waals surface area contributed by atoms with Gasteiger partial charge in [-0.2, -0.15) is 15.4 Å². The molecule has 0 radical (unpaired) electrons. The molecule has 2 N–H and O–H groups in total. The summed E-state index contributed by atoms with van der Waals surface area (Å²) < 4.78 is 5.49. The third kappa shape index (κ3) is 6.16. The van der Waals surface area contributed by atoms with Crippen molar-refractivity contribution in [3.63, 3.8) is 0 Å². The molecular formula is C26H29N5O2. The van der Waals surface area contributed by atoms with Crippen LogP contribution in [0.2, 0.25) is 0 Å². The van der Waals surface area contributed by atoms with Crippen LogP contribution in [0.3, 0.4) is 0 Å². The molecule has 1 amide bonds. The van der Waals surface area contributed by atoms with Gasteiger partial charge in [-0.15, -0.1) is 0 Å². The van der Waals surface area contributed by atoms with Gasteiger partial charge in [0.15, 0.2) is 0 Å². The Hall–Kier alpha value is -3.74. The molecule has 0 saturated heterocycles. The van der Waals surface area contributed by atoms with Crippen molar-refractivity contribution in [2.75, 3.05) is 0 Å². The largest absolute Gasteiger partial charge is 0.444 e. The minimum Gasteiger partial charge on any atom is -0.444 e. The number of nitrogens with one attached hydrogen (secondary N) is 2. The number of H-pyrrole nitrogens is 1. The molecule has 2 aromatic carbocycles. The summed E-state index contributed by atoms with van der Waals surface area (Å²) in [5.41, 5.74) is 3.29. The molecule has 0 unspecified atom stereocenters. The molecule has 4 aromatic rings. The molecule has 33 heavy (non-hydrogen) atoms. The maximum atomic E-state index is 12.5. The number of fused-ring (bicyclic) bond motifs is 1. The van der Waals surface area contributed by atoms with Crippen LogP contribution < -0.4 is 5.32 Å². The van der Waals surface area contributed by atoms with Gasteiger partial charge >= 0.3 is 6.09 Å². The van der Waals surface area contributed by atoms with E-state index in [9.17, 15) is 4.79 Å². The summed E-state index contributed by atoms with van der Waals surface area (Å²) in [4.78, 5) is 16.6. The van der Waals surface area contributed by atoms with Crippen LogP contribution in [-0.2, 0) is 17.6 Å². The van der Waals surface area contributed by atoms with Gasteiger partial charge in [-0.3, -0.25) is 4.98 Å². The summed E-state index contributed by atoms with van der Waals surface area (Å²) in [7, 11) is 0. The van der Waals surface area contributed by atoms with Gasteiger partial charge in [0, 0.05) is 29.4 Å². The fraction of sp³-hybridized carbons (Fsp3) is 0.308. The third-order valence-corrected chi connectivity index (χ3v) is 5.31. The molecule has 7 heteroatoms. The number of rotatable bonds is 7. The van der Waals surface area contributed by atoms with E-state index in [0.29, 0.717) is 19.3 Å². The van der Waals surface area contributed by atoms with Crippen molar-refractivity contribution in [3.05, 3.63) is 78.2 Å². The number of nitrogens with zero attached hydrogens (tertiary/aromatic N) is 3. The lowest BCUT2D eigenvalue weighted by Gasteiger charge is -2.23. The fourth-order valence-corrected chi connectivity index (χ4v) is 3.80. The average Bonchev–Trinajstić information content (AvgIpc) is 3.25. The number of alkyl carbamates (subject to hydrolysis) is 1. The van der Waals surface area contributed by atoms with E-state index in [1.54, 1.807) is 6.20 Å². The molecular weight excluding hydrogens is 414 g/mol. The second-order valence-corrected chi connectivity index (χ2v) is 9.13. The minimum absolute atomic E-state index is 0.102. The second kappa shape index (κ2) is 9.81. The summed E-state index contributed by atoms with van der Waals surface area (Å²) in [6.07, 6.45) is 5.28. The molecule has 170 valence electrons. The Balaban J connectivity index is 1.50. The maximum absolute atomic E-state index is 12.5. The molecule has 0 bridgehead atoms. The first-order valence-corrected chi connectivity index (χ1v) is 11.1. The van der Waals surface area contributed by atoms with Crippen molar-refractivity contribution < 1.29 is 9.53 Å². The van der Waals surface area contributed by atoms with E-state index in [1.807, 2.05) is 63.4 Å². The Bertz CT molecular complexity index is 1210. The molecule has 0 fully saturated rings. The van der Waals surface area contributed by atoms with Gasteiger partial charge in [0.1, 0.15) is 11.3 Å². The van der Waals surface area contributed by atoms with Crippen LogP contribution in [0.5, 0.6) is 0 Å². The van der Waals surface area contributed by atoms with E-state index in [0.717, 1.165) is 33.3 Å². The highest BCUT2D eigenvalue weighted by molar-refractivity contribution is 5.86. The van der Waals surface area contributed by atoms with Crippen molar-refractivity contribution in [2.45, 2.75) is 51.7 Å². The molecule has 0 aliphatic rings. The van der Waals surface area contributed by atoms with E-state index in [1.165, 1.54) is 0 Å². The minimum atomic E-state index is -0.549. The number of carbonyl (C=O) groups is 1. The van der Waals surface area contributed by atoms with Gasteiger partial charge in [0.05, 0.1) is 5.69 Å². The smallest absolute Gasteiger partial charge is 0.407 e. The molecule has 4 rings (SSSR count). The lowest BCUT2D eigenvalue weighted by molar-refractivity contribution is 0.0501. The van der Waals surface area contributed by atoms with Crippen LogP contribution in [0.4, 0.5) is 4.79 Å². The molecule has 1 atom stereocenters. The number of hydrogen-bond donors (Lipinski definition) is 2. The van der Waals surface area contributed by atoms with E-state index >= 15 is 0 Å². The summed E-state index contributed by atoms with van der Waals surface area (Å²) in [5, 5.41) is 16.8. The maximum Gasteiger partial charge on any atom is 0.407 e. The van der Waals surface area contributed by atoms with Gasteiger partial charge in [-0.25, -0.2) is 4.79 Å². The summed E-state index contributed by atoms with van der Waals surface area (Å²) in [6, 6.07) is 18.2. The molecule has 2 heterocycles. The van der Waals surface area contributed by atoms with Crippen LogP contribution in [0, 0.1) is 0 Å². The highest BCUT2D eigenvalue weighted by atomic mass is 16.6.